The molecular weight excluding hydrogens is 244 g/mol. The van der Waals surface area contributed by atoms with Crippen LogP contribution in [0.25, 0.3) is 0 Å². The van der Waals surface area contributed by atoms with Gasteiger partial charge in [-0.1, -0.05) is 33.6 Å². The van der Waals surface area contributed by atoms with Crippen molar-refractivity contribution in [1.82, 2.24) is 10.2 Å². The van der Waals surface area contributed by atoms with Crippen LogP contribution in [0.4, 0.5) is 0 Å². The Morgan fingerprint density at radius 3 is 2.55 bits per heavy atom. The molecule has 1 atom stereocenters. The molecule has 2 aliphatic rings. The van der Waals surface area contributed by atoms with E-state index in [0.717, 1.165) is 12.0 Å². The van der Waals surface area contributed by atoms with Gasteiger partial charge in [-0.2, -0.15) is 0 Å². The molecule has 0 amide bonds. The van der Waals surface area contributed by atoms with Gasteiger partial charge < -0.3 is 5.32 Å². The molecule has 118 valence electrons. The first-order valence-electron chi connectivity index (χ1n) is 9.14. The Bertz CT molecular complexity index is 269. The number of rotatable bonds is 7. The molecule has 2 fully saturated rings. The number of likely N-dealkylation sites (tertiary alicyclic amines) is 1. The molecule has 0 spiro atoms. The zero-order chi connectivity index (χ0) is 14.4. The quantitative estimate of drug-likeness (QED) is 0.708. The minimum Gasteiger partial charge on any atom is -0.316 e. The van der Waals surface area contributed by atoms with Gasteiger partial charge in [0.2, 0.25) is 0 Å². The summed E-state index contributed by atoms with van der Waals surface area (Å²) in [5.41, 5.74) is 0.569. The van der Waals surface area contributed by atoms with Crippen molar-refractivity contribution in [3.8, 4) is 0 Å². The van der Waals surface area contributed by atoms with E-state index >= 15 is 0 Å². The third-order valence-corrected chi connectivity index (χ3v) is 5.77. The molecule has 1 saturated heterocycles. The summed E-state index contributed by atoms with van der Waals surface area (Å²) in [6, 6.07) is 0.873. The highest BCUT2D eigenvalue weighted by molar-refractivity contribution is 4.92. The predicted octanol–water partition coefficient (Wildman–Crippen LogP) is 4.06. The maximum Gasteiger partial charge on any atom is 0.00933 e. The Morgan fingerprint density at radius 1 is 1.15 bits per heavy atom. The second-order valence-corrected chi connectivity index (χ2v) is 7.53. The average Bonchev–Trinajstić information content (AvgIpc) is 2.89. The van der Waals surface area contributed by atoms with E-state index in [1.165, 1.54) is 77.5 Å². The van der Waals surface area contributed by atoms with Crippen LogP contribution in [0.5, 0.6) is 0 Å². The molecule has 1 heterocycles. The van der Waals surface area contributed by atoms with Gasteiger partial charge in [-0.3, -0.25) is 4.90 Å². The lowest BCUT2D eigenvalue weighted by atomic mass is 9.70. The zero-order valence-corrected chi connectivity index (χ0v) is 14.1. The maximum atomic E-state index is 3.74. The van der Waals surface area contributed by atoms with Crippen LogP contribution >= 0.6 is 0 Å². The SMILES string of the molecule is CCCNCC1(CN2CCCC2CC)CCC(C)CC1. The van der Waals surface area contributed by atoms with Crippen LogP contribution in [0.15, 0.2) is 0 Å². The highest BCUT2D eigenvalue weighted by Gasteiger charge is 2.37. The fraction of sp³-hybridized carbons (Fsp3) is 1.00. The minimum absolute atomic E-state index is 0.569. The van der Waals surface area contributed by atoms with Gasteiger partial charge >= 0.3 is 0 Å². The molecule has 20 heavy (non-hydrogen) atoms. The van der Waals surface area contributed by atoms with Crippen molar-refractivity contribution >= 4 is 0 Å². The van der Waals surface area contributed by atoms with Gasteiger partial charge in [0.25, 0.3) is 0 Å². The largest absolute Gasteiger partial charge is 0.316 e. The number of hydrogen-bond donors (Lipinski definition) is 1. The molecule has 1 unspecified atom stereocenters. The summed E-state index contributed by atoms with van der Waals surface area (Å²) >= 11 is 0. The van der Waals surface area contributed by atoms with Crippen molar-refractivity contribution in [2.45, 2.75) is 78.2 Å². The highest BCUT2D eigenvalue weighted by atomic mass is 15.2. The molecule has 1 aliphatic heterocycles. The van der Waals surface area contributed by atoms with Gasteiger partial charge in [0.15, 0.2) is 0 Å². The monoisotopic (exact) mass is 280 g/mol. The first-order chi connectivity index (χ1) is 9.69. The molecular formula is C18H36N2. The highest BCUT2D eigenvalue weighted by Crippen LogP contribution is 2.40. The van der Waals surface area contributed by atoms with Crippen LogP contribution in [0, 0.1) is 11.3 Å². The summed E-state index contributed by atoms with van der Waals surface area (Å²) in [7, 11) is 0. The first kappa shape index (κ1) is 16.3. The fourth-order valence-electron chi connectivity index (χ4n) is 4.29. The summed E-state index contributed by atoms with van der Waals surface area (Å²) in [5, 5.41) is 3.74. The molecule has 1 N–H and O–H groups in total. The van der Waals surface area contributed by atoms with E-state index in [4.69, 9.17) is 0 Å². The number of nitrogens with zero attached hydrogens (tertiary/aromatic N) is 1. The van der Waals surface area contributed by atoms with Gasteiger partial charge in [-0.15, -0.1) is 0 Å². The molecule has 0 bridgehead atoms. The molecule has 0 aromatic heterocycles. The molecule has 2 nitrogen and oxygen atoms in total. The van der Waals surface area contributed by atoms with E-state index in [-0.39, 0.29) is 0 Å². The van der Waals surface area contributed by atoms with E-state index in [9.17, 15) is 0 Å². The molecule has 0 aromatic carbocycles. The van der Waals surface area contributed by atoms with E-state index < -0.39 is 0 Å². The number of hydrogen-bond acceptors (Lipinski definition) is 2. The normalized spacial score (nSPS) is 35.5. The van der Waals surface area contributed by atoms with Crippen LogP contribution in [0.2, 0.25) is 0 Å². The lowest BCUT2D eigenvalue weighted by molar-refractivity contribution is 0.0791. The van der Waals surface area contributed by atoms with E-state index in [1.54, 1.807) is 0 Å². The van der Waals surface area contributed by atoms with E-state index in [2.05, 4.69) is 31.0 Å². The molecule has 0 aromatic rings. The molecule has 1 aliphatic carbocycles. The molecule has 0 radical (unpaired) electrons. The summed E-state index contributed by atoms with van der Waals surface area (Å²) in [5.74, 6) is 0.954. The Balaban J connectivity index is 1.94. The Morgan fingerprint density at radius 2 is 1.90 bits per heavy atom. The Kier molecular flexibility index (Phi) is 6.35. The van der Waals surface area contributed by atoms with Gasteiger partial charge in [0.05, 0.1) is 0 Å². The van der Waals surface area contributed by atoms with Gasteiger partial charge in [0, 0.05) is 19.1 Å². The van der Waals surface area contributed by atoms with Crippen LogP contribution in [-0.2, 0) is 0 Å². The third-order valence-electron chi connectivity index (χ3n) is 5.77. The van der Waals surface area contributed by atoms with Crippen molar-refractivity contribution < 1.29 is 0 Å². The fourth-order valence-corrected chi connectivity index (χ4v) is 4.29. The summed E-state index contributed by atoms with van der Waals surface area (Å²) in [6.07, 6.45) is 11.2. The van der Waals surface area contributed by atoms with Crippen molar-refractivity contribution in [3.05, 3.63) is 0 Å². The Hall–Kier alpha value is -0.0800. The lowest BCUT2D eigenvalue weighted by Gasteiger charge is -2.43. The van der Waals surface area contributed by atoms with E-state index in [1.807, 2.05) is 0 Å². The van der Waals surface area contributed by atoms with Gasteiger partial charge in [0.1, 0.15) is 0 Å². The third kappa shape index (κ3) is 4.21. The standard InChI is InChI=1S/C18H36N2/c1-4-12-19-14-18(10-8-16(3)9-11-18)15-20-13-6-7-17(20)5-2/h16-17,19H,4-15H2,1-3H3. The average molecular weight is 280 g/mol. The molecule has 1 saturated carbocycles. The van der Waals surface area contributed by atoms with Crippen LogP contribution in [0.1, 0.15) is 72.1 Å². The second kappa shape index (κ2) is 7.79. The lowest BCUT2D eigenvalue weighted by Crippen LogP contribution is -2.47. The maximum absolute atomic E-state index is 3.74. The molecule has 2 rings (SSSR count). The van der Waals surface area contributed by atoms with Crippen LogP contribution < -0.4 is 5.32 Å². The van der Waals surface area contributed by atoms with Gasteiger partial charge in [-0.05, 0) is 62.9 Å². The van der Waals surface area contributed by atoms with E-state index in [0.29, 0.717) is 5.41 Å². The van der Waals surface area contributed by atoms with Gasteiger partial charge in [-0.25, -0.2) is 0 Å². The summed E-state index contributed by atoms with van der Waals surface area (Å²) in [4.78, 5) is 2.82. The zero-order valence-electron chi connectivity index (χ0n) is 14.1. The van der Waals surface area contributed by atoms with Crippen molar-refractivity contribution in [1.29, 1.82) is 0 Å². The Labute approximate surface area is 126 Å². The number of nitrogens with one attached hydrogen (secondary N) is 1. The summed E-state index contributed by atoms with van der Waals surface area (Å²) in [6.45, 7) is 12.2. The topological polar surface area (TPSA) is 15.3 Å². The van der Waals surface area contributed by atoms with Crippen molar-refractivity contribution in [2.75, 3.05) is 26.2 Å². The van der Waals surface area contributed by atoms with Crippen molar-refractivity contribution in [2.24, 2.45) is 11.3 Å². The van der Waals surface area contributed by atoms with Crippen LogP contribution in [0.3, 0.4) is 0 Å². The second-order valence-electron chi connectivity index (χ2n) is 7.53. The van der Waals surface area contributed by atoms with Crippen LogP contribution in [-0.4, -0.2) is 37.1 Å². The summed E-state index contributed by atoms with van der Waals surface area (Å²) < 4.78 is 0. The smallest absolute Gasteiger partial charge is 0.00933 e. The molecule has 2 heteroatoms. The van der Waals surface area contributed by atoms with Crippen molar-refractivity contribution in [3.63, 3.8) is 0 Å². The minimum atomic E-state index is 0.569. The first-order valence-corrected chi connectivity index (χ1v) is 9.14. The predicted molar refractivity (Wildman–Crippen MR) is 88.1 cm³/mol.